The van der Waals surface area contributed by atoms with Crippen LogP contribution in [0.4, 0.5) is 0 Å². The van der Waals surface area contributed by atoms with Crippen molar-refractivity contribution < 1.29 is 9.59 Å². The molecule has 1 aromatic rings. The van der Waals surface area contributed by atoms with Gasteiger partial charge in [0.2, 0.25) is 11.8 Å². The largest absolute Gasteiger partial charge is 0.349 e. The molecule has 4 nitrogen and oxygen atoms in total. The highest BCUT2D eigenvalue weighted by Gasteiger charge is 2.26. The molecule has 0 bridgehead atoms. The van der Waals surface area contributed by atoms with Gasteiger partial charge in [-0.1, -0.05) is 29.8 Å². The molecule has 0 aromatic heterocycles. The van der Waals surface area contributed by atoms with Gasteiger partial charge in [0.15, 0.2) is 0 Å². The van der Waals surface area contributed by atoms with E-state index in [1.165, 1.54) is 18.9 Å². The molecule has 1 aliphatic heterocycles. The molecule has 120 valence electrons. The van der Waals surface area contributed by atoms with Gasteiger partial charge >= 0.3 is 0 Å². The molecular formula is C18H26N2O2. The monoisotopic (exact) mass is 302 g/mol. The molecule has 2 atom stereocenters. The van der Waals surface area contributed by atoms with Crippen LogP contribution in [0, 0.1) is 6.92 Å². The van der Waals surface area contributed by atoms with Crippen molar-refractivity contribution in [1.82, 2.24) is 10.2 Å². The first kappa shape index (κ1) is 16.5. The number of hydrogen-bond donors (Lipinski definition) is 1. The Bertz CT molecular complexity index is 524. The third-order valence-corrected chi connectivity index (χ3v) is 4.36. The summed E-state index contributed by atoms with van der Waals surface area (Å²) >= 11 is 0. The molecular weight excluding hydrogens is 276 g/mol. The molecule has 2 unspecified atom stereocenters. The molecule has 0 aliphatic carbocycles. The summed E-state index contributed by atoms with van der Waals surface area (Å²) in [6.45, 7) is 6.46. The lowest BCUT2D eigenvalue weighted by atomic mass is 9.99. The number of piperidine rings is 1. The molecule has 2 rings (SSSR count). The van der Waals surface area contributed by atoms with Gasteiger partial charge in [0, 0.05) is 19.5 Å². The smallest absolute Gasteiger partial charge is 0.225 e. The quantitative estimate of drug-likeness (QED) is 0.929. The van der Waals surface area contributed by atoms with Crippen LogP contribution in [0.3, 0.4) is 0 Å². The van der Waals surface area contributed by atoms with E-state index in [-0.39, 0.29) is 17.9 Å². The molecule has 1 aliphatic rings. The maximum Gasteiger partial charge on any atom is 0.225 e. The van der Waals surface area contributed by atoms with E-state index in [2.05, 4.69) is 12.2 Å². The average molecular weight is 302 g/mol. The molecule has 0 saturated carbocycles. The van der Waals surface area contributed by atoms with Crippen molar-refractivity contribution in [3.05, 3.63) is 35.4 Å². The molecule has 0 spiro atoms. The third-order valence-electron chi connectivity index (χ3n) is 4.36. The first-order valence-corrected chi connectivity index (χ1v) is 8.10. The van der Waals surface area contributed by atoms with Gasteiger partial charge in [-0.05, 0) is 38.7 Å². The molecule has 1 aromatic carbocycles. The van der Waals surface area contributed by atoms with E-state index in [1.807, 2.05) is 36.1 Å². The van der Waals surface area contributed by atoms with E-state index in [0.29, 0.717) is 12.5 Å². The average Bonchev–Trinajstić information content (AvgIpc) is 2.47. The third kappa shape index (κ3) is 4.33. The summed E-state index contributed by atoms with van der Waals surface area (Å²) in [5, 5.41) is 2.91. The van der Waals surface area contributed by atoms with Gasteiger partial charge in [-0.15, -0.1) is 0 Å². The summed E-state index contributed by atoms with van der Waals surface area (Å²) in [4.78, 5) is 26.1. The molecule has 1 fully saturated rings. The van der Waals surface area contributed by atoms with E-state index in [1.54, 1.807) is 0 Å². The Labute approximate surface area is 132 Å². The number of benzene rings is 1. The van der Waals surface area contributed by atoms with Crippen molar-refractivity contribution in [1.29, 1.82) is 0 Å². The first-order chi connectivity index (χ1) is 10.5. The second-order valence-electron chi connectivity index (χ2n) is 6.30. The predicted octanol–water partition coefficient (Wildman–Crippen LogP) is 2.96. The lowest BCUT2D eigenvalue weighted by molar-refractivity contribution is -0.135. The van der Waals surface area contributed by atoms with Crippen LogP contribution in [0.15, 0.2) is 24.3 Å². The second kappa shape index (κ2) is 7.43. The number of amides is 2. The minimum absolute atomic E-state index is 0.106. The van der Waals surface area contributed by atoms with Crippen LogP contribution in [0.5, 0.6) is 0 Å². The number of rotatable bonds is 4. The normalized spacial score (nSPS) is 19.6. The molecule has 2 amide bonds. The van der Waals surface area contributed by atoms with Crippen LogP contribution in [0.2, 0.25) is 0 Å². The second-order valence-corrected chi connectivity index (χ2v) is 6.30. The molecule has 0 radical (unpaired) electrons. The van der Waals surface area contributed by atoms with Crippen LogP contribution in [0.25, 0.3) is 0 Å². The number of nitrogens with zero attached hydrogens (tertiary/aromatic N) is 1. The van der Waals surface area contributed by atoms with Crippen LogP contribution in [0.1, 0.15) is 56.7 Å². The highest BCUT2D eigenvalue weighted by Crippen LogP contribution is 2.22. The maximum absolute atomic E-state index is 12.6. The zero-order valence-corrected chi connectivity index (χ0v) is 13.8. The Balaban J connectivity index is 2.10. The summed E-state index contributed by atoms with van der Waals surface area (Å²) in [5.41, 5.74) is 2.15. The van der Waals surface area contributed by atoms with E-state index >= 15 is 0 Å². The van der Waals surface area contributed by atoms with E-state index in [0.717, 1.165) is 24.9 Å². The van der Waals surface area contributed by atoms with E-state index in [4.69, 9.17) is 0 Å². The molecule has 22 heavy (non-hydrogen) atoms. The van der Waals surface area contributed by atoms with E-state index < -0.39 is 0 Å². The number of aryl methyl sites for hydroxylation is 1. The summed E-state index contributed by atoms with van der Waals surface area (Å²) in [5.74, 6) is 0.0246. The zero-order valence-electron chi connectivity index (χ0n) is 13.8. The lowest BCUT2D eigenvalue weighted by Gasteiger charge is -2.34. The van der Waals surface area contributed by atoms with Crippen molar-refractivity contribution in [3.63, 3.8) is 0 Å². The zero-order chi connectivity index (χ0) is 16.1. The summed E-state index contributed by atoms with van der Waals surface area (Å²) in [6.07, 6.45) is 3.66. The number of nitrogens with one attached hydrogen (secondary N) is 1. The highest BCUT2D eigenvalue weighted by atomic mass is 16.2. The number of carbonyl (C=O) groups is 2. The van der Waals surface area contributed by atoms with Crippen molar-refractivity contribution in [2.45, 2.75) is 58.5 Å². The van der Waals surface area contributed by atoms with Crippen molar-refractivity contribution in [2.75, 3.05) is 6.54 Å². The van der Waals surface area contributed by atoms with Gasteiger partial charge in [0.1, 0.15) is 0 Å². The van der Waals surface area contributed by atoms with E-state index in [9.17, 15) is 9.59 Å². The fraction of sp³-hybridized carbons (Fsp3) is 0.556. The molecule has 1 saturated heterocycles. The SMILES string of the molecule is CC(=O)NC(CC(=O)N1CCCCC1C)c1ccc(C)cc1. The van der Waals surface area contributed by atoms with Crippen LogP contribution in [-0.2, 0) is 9.59 Å². The topological polar surface area (TPSA) is 49.4 Å². The first-order valence-electron chi connectivity index (χ1n) is 8.10. The Hall–Kier alpha value is -1.84. The Kier molecular flexibility index (Phi) is 5.58. The number of carbonyl (C=O) groups excluding carboxylic acids is 2. The van der Waals surface area contributed by atoms with Gasteiger partial charge in [-0.3, -0.25) is 9.59 Å². The minimum Gasteiger partial charge on any atom is -0.349 e. The molecule has 4 heteroatoms. The van der Waals surface area contributed by atoms with Crippen LogP contribution >= 0.6 is 0 Å². The molecule has 1 N–H and O–H groups in total. The minimum atomic E-state index is -0.250. The standard InChI is InChI=1S/C18H26N2O2/c1-13-7-9-16(10-8-13)17(19-15(3)21)12-18(22)20-11-5-4-6-14(20)2/h7-10,14,17H,4-6,11-12H2,1-3H3,(H,19,21). The predicted molar refractivity (Wildman–Crippen MR) is 87.4 cm³/mol. The molecule has 1 heterocycles. The van der Waals surface area contributed by atoms with Crippen LogP contribution < -0.4 is 5.32 Å². The Morgan fingerprint density at radius 3 is 2.55 bits per heavy atom. The maximum atomic E-state index is 12.6. The summed E-state index contributed by atoms with van der Waals surface area (Å²) in [7, 11) is 0. The van der Waals surface area contributed by atoms with Gasteiger partial charge in [-0.25, -0.2) is 0 Å². The fourth-order valence-electron chi connectivity index (χ4n) is 3.06. The van der Waals surface area contributed by atoms with Gasteiger partial charge in [0.25, 0.3) is 0 Å². The highest BCUT2D eigenvalue weighted by molar-refractivity contribution is 5.79. The number of hydrogen-bond acceptors (Lipinski definition) is 2. The van der Waals surface area contributed by atoms with Crippen molar-refractivity contribution in [2.24, 2.45) is 0 Å². The lowest BCUT2D eigenvalue weighted by Crippen LogP contribution is -2.43. The van der Waals surface area contributed by atoms with Gasteiger partial charge in [0.05, 0.1) is 12.5 Å². The number of likely N-dealkylation sites (tertiary alicyclic amines) is 1. The van der Waals surface area contributed by atoms with Crippen molar-refractivity contribution >= 4 is 11.8 Å². The van der Waals surface area contributed by atoms with Crippen LogP contribution in [-0.4, -0.2) is 29.3 Å². The Morgan fingerprint density at radius 1 is 1.27 bits per heavy atom. The summed E-state index contributed by atoms with van der Waals surface area (Å²) < 4.78 is 0. The summed E-state index contributed by atoms with van der Waals surface area (Å²) in [6, 6.07) is 8.05. The van der Waals surface area contributed by atoms with Gasteiger partial charge < -0.3 is 10.2 Å². The fourth-order valence-corrected chi connectivity index (χ4v) is 3.06. The van der Waals surface area contributed by atoms with Crippen molar-refractivity contribution in [3.8, 4) is 0 Å². The van der Waals surface area contributed by atoms with Gasteiger partial charge in [-0.2, -0.15) is 0 Å². The Morgan fingerprint density at radius 2 is 1.95 bits per heavy atom.